The average molecular weight is 331 g/mol. The zero-order valence-electron chi connectivity index (χ0n) is 11.1. The molecule has 5 heteroatoms. The van der Waals surface area contributed by atoms with Crippen LogP contribution in [0.1, 0.15) is 24.4 Å². The minimum absolute atomic E-state index is 0.0469. The maximum Gasteiger partial charge on any atom is 0.137 e. The zero-order chi connectivity index (χ0) is 13.8. The van der Waals surface area contributed by atoms with E-state index in [2.05, 4.69) is 27.9 Å². The number of halogens is 2. The van der Waals surface area contributed by atoms with Crippen LogP contribution in [-0.2, 0) is 4.74 Å². The van der Waals surface area contributed by atoms with Gasteiger partial charge in [0.15, 0.2) is 0 Å². The van der Waals surface area contributed by atoms with Crippen molar-refractivity contribution in [2.45, 2.75) is 24.9 Å². The lowest BCUT2D eigenvalue weighted by molar-refractivity contribution is 0.0293. The Bertz CT molecular complexity index is 424. The molecule has 0 radical (unpaired) electrons. The van der Waals surface area contributed by atoms with Crippen molar-refractivity contribution in [3.8, 4) is 0 Å². The molecule has 3 nitrogen and oxygen atoms in total. The smallest absolute Gasteiger partial charge is 0.137 e. The molecule has 0 spiro atoms. The van der Waals surface area contributed by atoms with Crippen LogP contribution < -0.4 is 5.73 Å². The van der Waals surface area contributed by atoms with Gasteiger partial charge in [-0.2, -0.15) is 0 Å². The molecule has 106 valence electrons. The molecular formula is C14H20BrFN2O. The largest absolute Gasteiger partial charge is 0.381 e. The maximum absolute atomic E-state index is 13.7. The molecule has 1 heterocycles. The molecule has 0 aromatic heterocycles. The highest BCUT2D eigenvalue weighted by atomic mass is 79.9. The van der Waals surface area contributed by atoms with E-state index in [9.17, 15) is 4.39 Å². The van der Waals surface area contributed by atoms with Gasteiger partial charge in [-0.3, -0.25) is 4.90 Å². The number of nitrogens with zero attached hydrogens (tertiary/aromatic N) is 1. The van der Waals surface area contributed by atoms with Crippen LogP contribution in [-0.4, -0.2) is 37.7 Å². The van der Waals surface area contributed by atoms with Gasteiger partial charge in [-0.25, -0.2) is 4.39 Å². The first-order valence-corrected chi connectivity index (χ1v) is 7.37. The number of hydrogen-bond acceptors (Lipinski definition) is 3. The highest BCUT2D eigenvalue weighted by Gasteiger charge is 2.25. The predicted octanol–water partition coefficient (Wildman–Crippen LogP) is 2.70. The van der Waals surface area contributed by atoms with E-state index < -0.39 is 0 Å². The van der Waals surface area contributed by atoms with Crippen LogP contribution in [0.2, 0.25) is 0 Å². The maximum atomic E-state index is 13.7. The lowest BCUT2D eigenvalue weighted by Crippen LogP contribution is -2.41. The third-order valence-electron chi connectivity index (χ3n) is 3.81. The minimum atomic E-state index is -0.240. The summed E-state index contributed by atoms with van der Waals surface area (Å²) in [5.74, 6) is -0.240. The van der Waals surface area contributed by atoms with E-state index in [0.29, 0.717) is 17.1 Å². The predicted molar refractivity (Wildman–Crippen MR) is 77.5 cm³/mol. The Morgan fingerprint density at radius 1 is 1.47 bits per heavy atom. The molecule has 0 amide bonds. The summed E-state index contributed by atoms with van der Waals surface area (Å²) in [6.45, 7) is 2.07. The molecule has 1 aromatic rings. The Hall–Kier alpha value is -0.490. The number of benzene rings is 1. The van der Waals surface area contributed by atoms with Crippen LogP contribution in [0.3, 0.4) is 0 Å². The third kappa shape index (κ3) is 3.54. The summed E-state index contributed by atoms with van der Waals surface area (Å²) in [6.07, 6.45) is 2.01. The Morgan fingerprint density at radius 3 is 2.74 bits per heavy atom. The fourth-order valence-corrected chi connectivity index (χ4v) is 2.85. The van der Waals surface area contributed by atoms with Crippen LogP contribution in [0.15, 0.2) is 22.7 Å². The highest BCUT2D eigenvalue weighted by molar-refractivity contribution is 9.10. The molecule has 1 aliphatic heterocycles. The molecule has 1 aliphatic rings. The van der Waals surface area contributed by atoms with Crippen LogP contribution in [0.25, 0.3) is 0 Å². The van der Waals surface area contributed by atoms with Crippen molar-refractivity contribution in [3.63, 3.8) is 0 Å². The van der Waals surface area contributed by atoms with Crippen LogP contribution in [0.5, 0.6) is 0 Å². The van der Waals surface area contributed by atoms with Crippen molar-refractivity contribution in [1.29, 1.82) is 0 Å². The Morgan fingerprint density at radius 2 is 2.16 bits per heavy atom. The van der Waals surface area contributed by atoms with Crippen LogP contribution in [0.4, 0.5) is 4.39 Å². The van der Waals surface area contributed by atoms with Crippen molar-refractivity contribution in [2.24, 2.45) is 5.73 Å². The van der Waals surface area contributed by atoms with E-state index in [-0.39, 0.29) is 11.9 Å². The van der Waals surface area contributed by atoms with E-state index in [4.69, 9.17) is 10.5 Å². The monoisotopic (exact) mass is 330 g/mol. The first-order chi connectivity index (χ1) is 9.13. The molecule has 1 fully saturated rings. The van der Waals surface area contributed by atoms with Gasteiger partial charge >= 0.3 is 0 Å². The van der Waals surface area contributed by atoms with Crippen molar-refractivity contribution in [3.05, 3.63) is 34.1 Å². The van der Waals surface area contributed by atoms with Gasteiger partial charge in [0.1, 0.15) is 5.82 Å². The lowest BCUT2D eigenvalue weighted by Gasteiger charge is -2.37. The molecule has 1 saturated heterocycles. The molecule has 0 bridgehead atoms. The van der Waals surface area contributed by atoms with Crippen molar-refractivity contribution in [2.75, 3.05) is 26.8 Å². The van der Waals surface area contributed by atoms with Gasteiger partial charge in [0.05, 0.1) is 4.47 Å². The SMILES string of the molecule is CN(C1CCOCC1)C(CN)c1ccc(Br)c(F)c1. The van der Waals surface area contributed by atoms with E-state index in [1.807, 2.05) is 6.07 Å². The Balaban J connectivity index is 2.15. The van der Waals surface area contributed by atoms with Gasteiger partial charge < -0.3 is 10.5 Å². The summed E-state index contributed by atoms with van der Waals surface area (Å²) >= 11 is 3.18. The summed E-state index contributed by atoms with van der Waals surface area (Å²) in [6, 6.07) is 5.74. The fraction of sp³-hybridized carbons (Fsp3) is 0.571. The number of nitrogens with two attached hydrogens (primary N) is 1. The molecule has 2 rings (SSSR count). The van der Waals surface area contributed by atoms with Crippen molar-refractivity contribution in [1.82, 2.24) is 4.90 Å². The highest BCUT2D eigenvalue weighted by Crippen LogP contribution is 2.27. The molecule has 1 aromatic carbocycles. The van der Waals surface area contributed by atoms with Crippen molar-refractivity contribution < 1.29 is 9.13 Å². The summed E-state index contributed by atoms with van der Waals surface area (Å²) in [5, 5.41) is 0. The van der Waals surface area contributed by atoms with Crippen LogP contribution >= 0.6 is 15.9 Å². The van der Waals surface area contributed by atoms with Gasteiger partial charge in [-0.05, 0) is 53.5 Å². The number of hydrogen-bond donors (Lipinski definition) is 1. The second kappa shape index (κ2) is 6.79. The number of likely N-dealkylation sites (N-methyl/N-ethyl adjacent to an activating group) is 1. The average Bonchev–Trinajstić information content (AvgIpc) is 2.44. The van der Waals surface area contributed by atoms with Crippen molar-refractivity contribution >= 4 is 15.9 Å². The Kier molecular flexibility index (Phi) is 5.33. The molecule has 1 atom stereocenters. The van der Waals surface area contributed by atoms with Gasteiger partial charge in [0, 0.05) is 31.8 Å². The third-order valence-corrected chi connectivity index (χ3v) is 4.45. The molecule has 1 unspecified atom stereocenters. The second-order valence-corrected chi connectivity index (χ2v) is 5.79. The molecule has 0 saturated carbocycles. The quantitative estimate of drug-likeness (QED) is 0.922. The van der Waals surface area contributed by atoms with Gasteiger partial charge in [-0.15, -0.1) is 0 Å². The topological polar surface area (TPSA) is 38.5 Å². The van der Waals surface area contributed by atoms with Gasteiger partial charge in [0.25, 0.3) is 0 Å². The summed E-state index contributed by atoms with van der Waals surface area (Å²) < 4.78 is 19.5. The number of rotatable bonds is 4. The second-order valence-electron chi connectivity index (χ2n) is 4.93. The lowest BCUT2D eigenvalue weighted by atomic mass is 10.0. The summed E-state index contributed by atoms with van der Waals surface area (Å²) in [5.41, 5.74) is 6.82. The van der Waals surface area contributed by atoms with E-state index >= 15 is 0 Å². The van der Waals surface area contributed by atoms with Gasteiger partial charge in [-0.1, -0.05) is 6.07 Å². The first-order valence-electron chi connectivity index (χ1n) is 6.58. The molecule has 0 aliphatic carbocycles. The summed E-state index contributed by atoms with van der Waals surface area (Å²) in [7, 11) is 2.06. The van der Waals surface area contributed by atoms with E-state index in [1.54, 1.807) is 12.1 Å². The first kappa shape index (κ1) is 14.9. The fourth-order valence-electron chi connectivity index (χ4n) is 2.60. The normalized spacial score (nSPS) is 18.8. The minimum Gasteiger partial charge on any atom is -0.381 e. The summed E-state index contributed by atoms with van der Waals surface area (Å²) in [4.78, 5) is 2.26. The molecule has 19 heavy (non-hydrogen) atoms. The molecule has 2 N–H and O–H groups in total. The van der Waals surface area contributed by atoms with Crippen LogP contribution in [0, 0.1) is 5.82 Å². The van der Waals surface area contributed by atoms with E-state index in [0.717, 1.165) is 31.6 Å². The Labute approximate surface area is 122 Å². The standard InChI is InChI=1S/C14H20BrFN2O/c1-18(11-4-6-19-7-5-11)14(9-17)10-2-3-12(15)13(16)8-10/h2-3,8,11,14H,4-7,9,17H2,1H3. The van der Waals surface area contributed by atoms with E-state index in [1.165, 1.54) is 0 Å². The van der Waals surface area contributed by atoms with Gasteiger partial charge in [0.2, 0.25) is 0 Å². The molecular weight excluding hydrogens is 311 g/mol. The number of ether oxygens (including phenoxy) is 1. The zero-order valence-corrected chi connectivity index (χ0v) is 12.7.